The minimum absolute atomic E-state index is 0.330. The van der Waals surface area contributed by atoms with E-state index in [9.17, 15) is 4.79 Å². The van der Waals surface area contributed by atoms with Crippen molar-refractivity contribution in [3.63, 3.8) is 0 Å². The Kier molecular flexibility index (Phi) is 18.5. The van der Waals surface area contributed by atoms with Gasteiger partial charge in [-0.25, -0.2) is 10.3 Å². The minimum Gasteiger partial charge on any atom is -0.389 e. The Bertz CT molecular complexity index is 76.0. The lowest BCUT2D eigenvalue weighted by Crippen LogP contribution is -2.11. The summed E-state index contributed by atoms with van der Waals surface area (Å²) in [5.74, 6) is 0. The van der Waals surface area contributed by atoms with Crippen molar-refractivity contribution in [2.45, 2.75) is 0 Å². The molecule has 0 aromatic carbocycles. The van der Waals surface area contributed by atoms with Gasteiger partial charge in [0.05, 0.1) is 6.61 Å². The van der Waals surface area contributed by atoms with Gasteiger partial charge in [0.1, 0.15) is 6.29 Å². The molecule has 0 saturated heterocycles. The Morgan fingerprint density at radius 1 is 1.40 bits per heavy atom. The van der Waals surface area contributed by atoms with Crippen molar-refractivity contribution in [3.05, 3.63) is 0 Å². The van der Waals surface area contributed by atoms with Crippen molar-refractivity contribution in [3.8, 4) is 0 Å². The molecule has 1 amide bonds. The van der Waals surface area contributed by atoms with Crippen LogP contribution in [0.25, 0.3) is 0 Å². The molecule has 0 aliphatic heterocycles. The van der Waals surface area contributed by atoms with E-state index in [-0.39, 0.29) is 6.61 Å². The Morgan fingerprint density at radius 2 is 1.90 bits per heavy atom. The second kappa shape index (κ2) is 15.7. The van der Waals surface area contributed by atoms with E-state index in [0.717, 1.165) is 0 Å². The molecule has 3 N–H and O–H groups in total. The first-order chi connectivity index (χ1) is 4.83. The number of hydrogen-bond acceptors (Lipinski definition) is 5. The number of rotatable bonds is 4. The molecule has 0 saturated carbocycles. The number of amides is 1. The number of aliphatic hydroxyl groups is 2. The number of aliphatic hydroxyl groups excluding tert-OH is 2. The van der Waals surface area contributed by atoms with Gasteiger partial charge in [-0.05, 0) is 0 Å². The smallest absolute Gasteiger partial charge is 0.230 e. The number of hydrogen-bond donors (Lipinski definition) is 3. The molecular weight excluding hydrogens is 142 g/mol. The summed E-state index contributed by atoms with van der Waals surface area (Å²) < 4.78 is 0. The summed E-state index contributed by atoms with van der Waals surface area (Å²) in [5.41, 5.74) is 1.77. The molecule has 0 rings (SSSR count). The van der Waals surface area contributed by atoms with Crippen LogP contribution in [0.15, 0.2) is 0 Å². The summed E-state index contributed by atoms with van der Waals surface area (Å²) in [5, 5.41) is 15.3. The Hall–Kier alpha value is -0.980. The van der Waals surface area contributed by atoms with Gasteiger partial charge in [0.15, 0.2) is 6.79 Å². The molecule has 0 radical (unpaired) electrons. The molecule has 0 fully saturated rings. The fraction of sp³-hybridized carbons (Fsp3) is 0.500. The molecule has 6 nitrogen and oxygen atoms in total. The Labute approximate surface area is 57.4 Å². The summed E-state index contributed by atoms with van der Waals surface area (Å²) in [7, 11) is 0. The van der Waals surface area contributed by atoms with Crippen LogP contribution in [0.2, 0.25) is 0 Å². The highest BCUT2D eigenvalue weighted by Gasteiger charge is 1.68. The first-order valence-corrected chi connectivity index (χ1v) is 2.29. The Balaban J connectivity index is 0. The van der Waals surface area contributed by atoms with E-state index in [1.807, 2.05) is 0 Å². The van der Waals surface area contributed by atoms with Gasteiger partial charge in [0.2, 0.25) is 6.41 Å². The SMILES string of the molecule is O=CCO.O=CNOCO. The molecule has 6 heteroatoms. The zero-order valence-electron chi connectivity index (χ0n) is 5.19. The fourth-order valence-electron chi connectivity index (χ4n) is 0.0713. The van der Waals surface area contributed by atoms with Crippen molar-refractivity contribution >= 4 is 12.7 Å². The monoisotopic (exact) mass is 151 g/mol. The average Bonchev–Trinajstić information content (AvgIpc) is 2.01. The van der Waals surface area contributed by atoms with Crippen LogP contribution in [0, 0.1) is 0 Å². The quantitative estimate of drug-likeness (QED) is 0.183. The van der Waals surface area contributed by atoms with E-state index >= 15 is 0 Å². The van der Waals surface area contributed by atoms with Gasteiger partial charge in [0.25, 0.3) is 0 Å². The van der Waals surface area contributed by atoms with E-state index in [1.165, 1.54) is 0 Å². The van der Waals surface area contributed by atoms with Crippen molar-refractivity contribution < 1.29 is 24.6 Å². The lowest BCUT2D eigenvalue weighted by molar-refractivity contribution is -0.129. The zero-order chi connectivity index (χ0) is 8.24. The number of carbonyl (C=O) groups is 2. The third kappa shape index (κ3) is 27.9. The summed E-state index contributed by atoms with van der Waals surface area (Å²) in [6.45, 7) is -0.848. The van der Waals surface area contributed by atoms with E-state index < -0.39 is 6.79 Å². The van der Waals surface area contributed by atoms with Crippen molar-refractivity contribution in [1.82, 2.24) is 5.48 Å². The van der Waals surface area contributed by atoms with E-state index in [2.05, 4.69) is 4.84 Å². The van der Waals surface area contributed by atoms with Gasteiger partial charge in [-0.15, -0.1) is 0 Å². The number of hydroxylamine groups is 1. The van der Waals surface area contributed by atoms with Crippen LogP contribution < -0.4 is 5.48 Å². The summed E-state index contributed by atoms with van der Waals surface area (Å²) in [6, 6.07) is 0. The van der Waals surface area contributed by atoms with Crippen LogP contribution in [0.3, 0.4) is 0 Å². The molecule has 0 atom stereocenters. The summed E-state index contributed by atoms with van der Waals surface area (Å²) >= 11 is 0. The number of carbonyl (C=O) groups excluding carboxylic acids is 2. The molecule has 60 valence electrons. The van der Waals surface area contributed by atoms with Crippen LogP contribution in [0.5, 0.6) is 0 Å². The molecular formula is C4H9NO5. The van der Waals surface area contributed by atoms with Crippen LogP contribution >= 0.6 is 0 Å². The third-order valence-electron chi connectivity index (χ3n) is 0.271. The second-order valence-corrected chi connectivity index (χ2v) is 0.858. The van der Waals surface area contributed by atoms with E-state index in [1.54, 1.807) is 5.48 Å². The first-order valence-electron chi connectivity index (χ1n) is 2.29. The summed E-state index contributed by atoms with van der Waals surface area (Å²) in [4.78, 5) is 22.1. The first kappa shape index (κ1) is 11.8. The third-order valence-corrected chi connectivity index (χ3v) is 0.271. The van der Waals surface area contributed by atoms with E-state index in [4.69, 9.17) is 15.0 Å². The molecule has 0 spiro atoms. The van der Waals surface area contributed by atoms with Crippen molar-refractivity contribution in [2.24, 2.45) is 0 Å². The second-order valence-electron chi connectivity index (χ2n) is 0.858. The zero-order valence-corrected chi connectivity index (χ0v) is 5.19. The highest BCUT2D eigenvalue weighted by molar-refractivity contribution is 5.49. The fourth-order valence-corrected chi connectivity index (χ4v) is 0.0713. The van der Waals surface area contributed by atoms with Gasteiger partial charge < -0.3 is 15.0 Å². The normalized spacial score (nSPS) is 7.00. The lowest BCUT2D eigenvalue weighted by atomic mass is 10.9. The molecule has 0 bridgehead atoms. The summed E-state index contributed by atoms with van der Waals surface area (Å²) in [6.07, 6.45) is 0.760. The molecule has 0 aromatic heterocycles. The van der Waals surface area contributed by atoms with Gasteiger partial charge >= 0.3 is 0 Å². The molecule has 0 aliphatic rings. The highest BCUT2D eigenvalue weighted by atomic mass is 16.7. The van der Waals surface area contributed by atoms with Gasteiger partial charge in [-0.3, -0.25) is 4.79 Å². The van der Waals surface area contributed by atoms with Gasteiger partial charge in [-0.1, -0.05) is 0 Å². The average molecular weight is 151 g/mol. The minimum atomic E-state index is -0.487. The van der Waals surface area contributed by atoms with E-state index in [0.29, 0.717) is 12.7 Å². The maximum atomic E-state index is 9.22. The van der Waals surface area contributed by atoms with Crippen LogP contribution in [-0.2, 0) is 14.4 Å². The molecule has 0 unspecified atom stereocenters. The lowest BCUT2D eigenvalue weighted by Gasteiger charge is -1.88. The molecule has 0 aliphatic carbocycles. The predicted octanol–water partition coefficient (Wildman–Crippen LogP) is -2.21. The van der Waals surface area contributed by atoms with Crippen LogP contribution in [0.1, 0.15) is 0 Å². The van der Waals surface area contributed by atoms with Gasteiger partial charge in [-0.2, -0.15) is 0 Å². The maximum absolute atomic E-state index is 9.22. The van der Waals surface area contributed by atoms with Gasteiger partial charge in [0, 0.05) is 0 Å². The highest BCUT2D eigenvalue weighted by Crippen LogP contribution is 1.49. The standard InChI is InChI=1S/C2H5NO3.C2H4O2/c4-1-3-6-2-5;3-1-2-4/h1,5H,2H2,(H,3,4);1,4H,2H2. The van der Waals surface area contributed by atoms with Crippen LogP contribution in [0.4, 0.5) is 0 Å². The largest absolute Gasteiger partial charge is 0.389 e. The van der Waals surface area contributed by atoms with Crippen molar-refractivity contribution in [1.29, 1.82) is 0 Å². The Morgan fingerprint density at radius 3 is 2.00 bits per heavy atom. The molecule has 10 heavy (non-hydrogen) atoms. The number of nitrogens with one attached hydrogen (secondary N) is 1. The van der Waals surface area contributed by atoms with Crippen molar-refractivity contribution in [2.75, 3.05) is 13.4 Å². The molecule has 0 heterocycles. The maximum Gasteiger partial charge on any atom is 0.230 e. The predicted molar refractivity (Wildman–Crippen MR) is 30.5 cm³/mol. The topological polar surface area (TPSA) is 95.9 Å². The number of aldehydes is 1. The molecule has 0 aromatic rings. The van der Waals surface area contributed by atoms with Crippen LogP contribution in [-0.4, -0.2) is 36.3 Å².